The first kappa shape index (κ1) is 14.4. The highest BCUT2D eigenvalue weighted by Gasteiger charge is 2.21. The van der Waals surface area contributed by atoms with E-state index in [1.165, 1.54) is 25.7 Å². The van der Waals surface area contributed by atoms with E-state index in [-0.39, 0.29) is 0 Å². The molecule has 1 fully saturated rings. The van der Waals surface area contributed by atoms with E-state index in [1.54, 1.807) is 0 Å². The third-order valence-corrected chi connectivity index (χ3v) is 5.60. The Kier molecular flexibility index (Phi) is 4.09. The predicted octanol–water partition coefficient (Wildman–Crippen LogP) is 5.25. The Labute approximate surface area is 135 Å². The van der Waals surface area contributed by atoms with Crippen molar-refractivity contribution in [3.05, 3.63) is 32.3 Å². The lowest BCUT2D eigenvalue weighted by Crippen LogP contribution is -2.09. The van der Waals surface area contributed by atoms with E-state index in [2.05, 4.69) is 21.4 Å². The lowest BCUT2D eigenvalue weighted by molar-refractivity contribution is 0.701. The zero-order chi connectivity index (χ0) is 14.3. The smallest absolute Gasteiger partial charge is 0.0928 e. The first-order chi connectivity index (χ1) is 9.61. The van der Waals surface area contributed by atoms with Gasteiger partial charge in [0.1, 0.15) is 0 Å². The van der Waals surface area contributed by atoms with Gasteiger partial charge in [0, 0.05) is 21.5 Å². The Bertz CT molecular complexity index is 669. The van der Waals surface area contributed by atoms with E-state index >= 15 is 0 Å². The molecular formula is C14H14BrCl2N3. The number of nitrogens with zero attached hydrogens (tertiary/aromatic N) is 1. The van der Waals surface area contributed by atoms with Gasteiger partial charge in [-0.3, -0.25) is 10.8 Å². The molecule has 1 aromatic heterocycles. The minimum absolute atomic E-state index is 0.465. The zero-order valence-electron chi connectivity index (χ0n) is 10.7. The van der Waals surface area contributed by atoms with E-state index in [1.807, 2.05) is 12.1 Å². The van der Waals surface area contributed by atoms with Gasteiger partial charge in [-0.1, -0.05) is 36.0 Å². The molecule has 0 amide bonds. The molecule has 6 heteroatoms. The maximum atomic E-state index is 6.35. The van der Waals surface area contributed by atoms with Crippen LogP contribution < -0.4 is 11.3 Å². The summed E-state index contributed by atoms with van der Waals surface area (Å²) in [5.74, 6) is 6.14. The van der Waals surface area contributed by atoms with Crippen molar-refractivity contribution in [3.8, 4) is 0 Å². The van der Waals surface area contributed by atoms with Crippen LogP contribution >= 0.6 is 39.1 Å². The summed E-state index contributed by atoms with van der Waals surface area (Å²) in [4.78, 5) is 4.73. The predicted molar refractivity (Wildman–Crippen MR) is 88.5 cm³/mol. The summed E-state index contributed by atoms with van der Waals surface area (Å²) in [5.41, 5.74) is 5.33. The summed E-state index contributed by atoms with van der Waals surface area (Å²) in [7, 11) is 0. The molecule has 1 aliphatic carbocycles. The lowest BCUT2D eigenvalue weighted by atomic mass is 10.0. The highest BCUT2D eigenvalue weighted by atomic mass is 79.9. The van der Waals surface area contributed by atoms with Crippen LogP contribution in [0.3, 0.4) is 0 Å². The number of nitrogen functional groups attached to an aromatic ring is 1. The number of pyridine rings is 1. The summed E-state index contributed by atoms with van der Waals surface area (Å²) in [6.07, 6.45) is 4.85. The van der Waals surface area contributed by atoms with Gasteiger partial charge in [0.2, 0.25) is 0 Å². The zero-order valence-corrected chi connectivity index (χ0v) is 13.8. The van der Waals surface area contributed by atoms with Crippen molar-refractivity contribution in [2.45, 2.75) is 31.6 Å². The number of benzene rings is 1. The van der Waals surface area contributed by atoms with Gasteiger partial charge in [-0.2, -0.15) is 0 Å². The van der Waals surface area contributed by atoms with Crippen LogP contribution in [-0.4, -0.2) is 4.98 Å². The maximum Gasteiger partial charge on any atom is 0.0928 e. The fourth-order valence-corrected chi connectivity index (χ4v) is 3.77. The molecule has 20 heavy (non-hydrogen) atoms. The van der Waals surface area contributed by atoms with Gasteiger partial charge in [-0.05, 0) is 40.9 Å². The van der Waals surface area contributed by atoms with E-state index in [0.29, 0.717) is 21.5 Å². The quantitative estimate of drug-likeness (QED) is 0.429. The van der Waals surface area contributed by atoms with Crippen LogP contribution in [0.15, 0.2) is 16.6 Å². The molecule has 0 radical (unpaired) electrons. The summed E-state index contributed by atoms with van der Waals surface area (Å²) < 4.78 is 0.739. The fraction of sp³-hybridized carbons (Fsp3) is 0.357. The second-order valence-corrected chi connectivity index (χ2v) is 6.71. The fourth-order valence-electron chi connectivity index (χ4n) is 2.84. The number of nitrogens with one attached hydrogen (secondary N) is 1. The third-order valence-electron chi connectivity index (χ3n) is 3.89. The minimum Gasteiger partial charge on any atom is -0.323 e. The Morgan fingerprint density at radius 1 is 1.20 bits per heavy atom. The van der Waals surface area contributed by atoms with Crippen molar-refractivity contribution in [1.29, 1.82) is 0 Å². The SMILES string of the molecule is NNc1cc(C2CCCC2)nc2c(Cl)c(Cl)c(Br)cc12. The Hall–Kier alpha value is -0.550. The van der Waals surface area contributed by atoms with E-state index in [9.17, 15) is 0 Å². The number of nitrogens with two attached hydrogens (primary N) is 1. The molecule has 1 heterocycles. The first-order valence-corrected chi connectivity index (χ1v) is 8.11. The average Bonchev–Trinajstić information content (AvgIpc) is 2.98. The van der Waals surface area contributed by atoms with Gasteiger partial charge < -0.3 is 5.43 Å². The molecule has 0 bridgehead atoms. The minimum atomic E-state index is 0.465. The Morgan fingerprint density at radius 2 is 1.90 bits per heavy atom. The monoisotopic (exact) mass is 373 g/mol. The topological polar surface area (TPSA) is 50.9 Å². The van der Waals surface area contributed by atoms with Crippen LogP contribution in [0.1, 0.15) is 37.3 Å². The van der Waals surface area contributed by atoms with Crippen molar-refractivity contribution in [1.82, 2.24) is 4.98 Å². The van der Waals surface area contributed by atoms with Crippen LogP contribution in [0, 0.1) is 0 Å². The average molecular weight is 375 g/mol. The summed E-state index contributed by atoms with van der Waals surface area (Å²) >= 11 is 15.9. The second-order valence-electron chi connectivity index (χ2n) is 5.10. The van der Waals surface area contributed by atoms with Crippen LogP contribution in [0.4, 0.5) is 5.69 Å². The van der Waals surface area contributed by atoms with Crippen LogP contribution in [-0.2, 0) is 0 Å². The van der Waals surface area contributed by atoms with Gasteiger partial charge in [-0.25, -0.2) is 0 Å². The second kappa shape index (κ2) is 5.68. The molecule has 1 saturated carbocycles. The summed E-state index contributed by atoms with van der Waals surface area (Å²) in [6, 6.07) is 3.92. The Morgan fingerprint density at radius 3 is 2.55 bits per heavy atom. The molecule has 3 N–H and O–H groups in total. The highest BCUT2D eigenvalue weighted by Crippen LogP contribution is 2.41. The standard InChI is InChI=1S/C14H14BrCl2N3/c15-9-5-8-11(20-18)6-10(7-3-1-2-4-7)19-14(8)13(17)12(9)16/h5-7H,1-4,18H2,(H,19,20). The molecule has 1 aliphatic rings. The Balaban J connectivity index is 2.26. The molecule has 3 rings (SSSR count). The number of hydrogen-bond acceptors (Lipinski definition) is 3. The lowest BCUT2D eigenvalue weighted by Gasteiger charge is -2.15. The number of hydrogen-bond donors (Lipinski definition) is 2. The summed E-state index contributed by atoms with van der Waals surface area (Å²) in [5, 5.41) is 1.82. The molecular weight excluding hydrogens is 361 g/mol. The molecule has 2 aromatic rings. The van der Waals surface area contributed by atoms with Crippen molar-refractivity contribution < 1.29 is 0 Å². The van der Waals surface area contributed by atoms with E-state index in [0.717, 1.165) is 21.2 Å². The molecule has 0 saturated heterocycles. The van der Waals surface area contributed by atoms with Crippen LogP contribution in [0.25, 0.3) is 10.9 Å². The van der Waals surface area contributed by atoms with Gasteiger partial charge in [-0.15, -0.1) is 0 Å². The van der Waals surface area contributed by atoms with E-state index in [4.69, 9.17) is 34.0 Å². The van der Waals surface area contributed by atoms with Gasteiger partial charge in [0.25, 0.3) is 0 Å². The number of hydrazine groups is 1. The molecule has 1 aromatic carbocycles. The molecule has 0 unspecified atom stereocenters. The molecule has 0 atom stereocenters. The van der Waals surface area contributed by atoms with Crippen molar-refractivity contribution >= 4 is 55.7 Å². The van der Waals surface area contributed by atoms with E-state index < -0.39 is 0 Å². The number of fused-ring (bicyclic) bond motifs is 1. The molecule has 0 aliphatic heterocycles. The number of anilines is 1. The first-order valence-electron chi connectivity index (χ1n) is 6.56. The van der Waals surface area contributed by atoms with Crippen LogP contribution in [0.5, 0.6) is 0 Å². The van der Waals surface area contributed by atoms with Crippen LogP contribution in [0.2, 0.25) is 10.0 Å². The van der Waals surface area contributed by atoms with Gasteiger partial charge >= 0.3 is 0 Å². The van der Waals surface area contributed by atoms with Gasteiger partial charge in [0.15, 0.2) is 0 Å². The molecule has 3 nitrogen and oxygen atoms in total. The highest BCUT2D eigenvalue weighted by molar-refractivity contribution is 9.10. The van der Waals surface area contributed by atoms with Crippen molar-refractivity contribution in [3.63, 3.8) is 0 Å². The van der Waals surface area contributed by atoms with Crippen molar-refractivity contribution in [2.75, 3.05) is 5.43 Å². The molecule has 106 valence electrons. The number of halogens is 3. The largest absolute Gasteiger partial charge is 0.323 e. The third kappa shape index (κ3) is 2.39. The maximum absolute atomic E-state index is 6.35. The normalized spacial score (nSPS) is 16.0. The summed E-state index contributed by atoms with van der Waals surface area (Å²) in [6.45, 7) is 0. The van der Waals surface area contributed by atoms with Crippen molar-refractivity contribution in [2.24, 2.45) is 5.84 Å². The molecule has 0 spiro atoms. The number of aromatic nitrogens is 1. The van der Waals surface area contributed by atoms with Gasteiger partial charge in [0.05, 0.1) is 21.2 Å². The number of rotatable bonds is 2.